The highest BCUT2D eigenvalue weighted by Crippen LogP contribution is 2.43. The van der Waals surface area contributed by atoms with Crippen molar-refractivity contribution in [1.29, 1.82) is 0 Å². The van der Waals surface area contributed by atoms with E-state index in [1.807, 2.05) is 0 Å². The molecule has 3 aromatic carbocycles. The van der Waals surface area contributed by atoms with Gasteiger partial charge in [-0.15, -0.1) is 13.6 Å². The molecule has 0 spiro atoms. The Bertz CT molecular complexity index is 1560. The van der Waals surface area contributed by atoms with Crippen LogP contribution in [0.5, 0.6) is 0 Å². The van der Waals surface area contributed by atoms with Crippen molar-refractivity contribution in [2.24, 2.45) is 0 Å². The standard InChI is InChI=1S/C33H34BN2S/c1-23-21-25(3)35-32(23)31(33-24(2)22-26(4)36(33)34(35,5)6)27-17-19-30(20-18-27)37(28-13-9-7-10-14-28)29-15-11-8-12-16-29/h7-22H,1-6H3/q+1. The summed E-state index contributed by atoms with van der Waals surface area (Å²) < 4.78 is 5.19. The lowest BCUT2D eigenvalue weighted by Crippen LogP contribution is -2.53. The molecule has 37 heavy (non-hydrogen) atoms. The first-order valence-electron chi connectivity index (χ1n) is 13.2. The second-order valence-electron chi connectivity index (χ2n) is 10.9. The topological polar surface area (TPSA) is 7.94 Å². The number of hydrogen-bond acceptors (Lipinski definition) is 0. The molecule has 0 aliphatic carbocycles. The molecule has 1 aromatic heterocycles. The van der Waals surface area contributed by atoms with Crippen molar-refractivity contribution in [2.75, 3.05) is 0 Å². The van der Waals surface area contributed by atoms with E-state index in [-0.39, 0.29) is 10.9 Å². The molecular weight excluding hydrogens is 467 g/mol. The Labute approximate surface area is 224 Å². The molecule has 0 atom stereocenters. The van der Waals surface area contributed by atoms with Gasteiger partial charge in [0, 0.05) is 24.3 Å². The second kappa shape index (κ2) is 8.81. The second-order valence-corrected chi connectivity index (χ2v) is 13.0. The number of aromatic nitrogens is 1. The van der Waals surface area contributed by atoms with Gasteiger partial charge in [0.25, 0.3) is 0 Å². The van der Waals surface area contributed by atoms with E-state index in [1.165, 1.54) is 59.8 Å². The van der Waals surface area contributed by atoms with E-state index in [0.717, 1.165) is 0 Å². The van der Waals surface area contributed by atoms with Gasteiger partial charge in [0.1, 0.15) is 5.71 Å². The van der Waals surface area contributed by atoms with Crippen LogP contribution in [0.15, 0.2) is 123 Å². The van der Waals surface area contributed by atoms with E-state index < -0.39 is 6.42 Å². The maximum atomic E-state index is 2.59. The third kappa shape index (κ3) is 3.69. The summed E-state index contributed by atoms with van der Waals surface area (Å²) in [5, 5.41) is 0. The summed E-state index contributed by atoms with van der Waals surface area (Å²) in [5.74, 6) is 0. The third-order valence-corrected chi connectivity index (χ3v) is 10.1. The zero-order chi connectivity index (χ0) is 25.9. The molecule has 0 amide bonds. The van der Waals surface area contributed by atoms with Gasteiger partial charge in [-0.2, -0.15) is 0 Å². The van der Waals surface area contributed by atoms with Crippen LogP contribution in [0.1, 0.15) is 36.4 Å². The molecule has 0 radical (unpaired) electrons. The quantitative estimate of drug-likeness (QED) is 0.198. The van der Waals surface area contributed by atoms with Gasteiger partial charge in [0.15, 0.2) is 20.4 Å². The molecule has 2 aliphatic heterocycles. The Hall–Kier alpha value is -3.50. The predicted molar refractivity (Wildman–Crippen MR) is 159 cm³/mol. The van der Waals surface area contributed by atoms with Crippen molar-refractivity contribution in [3.8, 4) is 0 Å². The first-order valence-corrected chi connectivity index (χ1v) is 14.5. The number of nitrogens with zero attached hydrogens (tertiary/aromatic N) is 2. The van der Waals surface area contributed by atoms with Gasteiger partial charge in [-0.1, -0.05) is 36.4 Å². The Balaban J connectivity index is 1.54. The van der Waals surface area contributed by atoms with E-state index in [0.29, 0.717) is 0 Å². The summed E-state index contributed by atoms with van der Waals surface area (Å²) in [4.78, 5) is 4.03. The molecule has 0 saturated heterocycles. The Morgan fingerprint density at radius 3 is 1.81 bits per heavy atom. The average Bonchev–Trinajstić information content (AvgIpc) is 3.37. The van der Waals surface area contributed by atoms with Crippen LogP contribution < -0.4 is 0 Å². The molecular formula is C33H34BN2S+. The molecule has 184 valence electrons. The van der Waals surface area contributed by atoms with E-state index in [9.17, 15) is 0 Å². The number of fused-ring (bicyclic) bond motifs is 2. The number of benzene rings is 3. The minimum Gasteiger partial charge on any atom is -0.459 e. The SMILES string of the molecule is CC1=CC(C)=[N+]2C1=C(c1ccc([S+](c3ccccc3)c3ccccc3)cc1)c1c(C)cc(C)n1[B-]2(C)C. The highest BCUT2D eigenvalue weighted by atomic mass is 32.2. The summed E-state index contributed by atoms with van der Waals surface area (Å²) in [6.07, 6.45) is 1.38. The fourth-order valence-electron chi connectivity index (χ4n) is 6.68. The normalized spacial score (nSPS) is 16.2. The van der Waals surface area contributed by atoms with Crippen LogP contribution in [0, 0.1) is 13.8 Å². The largest absolute Gasteiger partial charge is 0.459 e. The first kappa shape index (κ1) is 23.9. The molecule has 0 fully saturated rings. The van der Waals surface area contributed by atoms with Crippen LogP contribution in [0.25, 0.3) is 5.57 Å². The van der Waals surface area contributed by atoms with Crippen LogP contribution in [0.2, 0.25) is 13.6 Å². The van der Waals surface area contributed by atoms with Crippen LogP contribution >= 0.6 is 0 Å². The molecule has 6 rings (SSSR count). The fourth-order valence-corrected chi connectivity index (χ4v) is 8.76. The number of hydrogen-bond donors (Lipinski definition) is 0. The molecule has 0 saturated carbocycles. The molecule has 3 heterocycles. The van der Waals surface area contributed by atoms with Gasteiger partial charge in [-0.3, -0.25) is 0 Å². The van der Waals surface area contributed by atoms with E-state index >= 15 is 0 Å². The molecule has 0 unspecified atom stereocenters. The van der Waals surface area contributed by atoms with Crippen molar-refractivity contribution < 1.29 is 4.49 Å². The molecule has 2 nitrogen and oxygen atoms in total. The van der Waals surface area contributed by atoms with E-state index in [2.05, 4.69) is 147 Å². The zero-order valence-electron chi connectivity index (χ0n) is 22.6. The minimum atomic E-state index is -0.973. The van der Waals surface area contributed by atoms with Crippen LogP contribution in [0.4, 0.5) is 0 Å². The summed E-state index contributed by atoms with van der Waals surface area (Å²) in [5.41, 5.74) is 10.7. The van der Waals surface area contributed by atoms with Gasteiger partial charge < -0.3 is 8.96 Å². The zero-order valence-corrected chi connectivity index (χ0v) is 23.4. The monoisotopic (exact) mass is 501 g/mol. The minimum absolute atomic E-state index is 0.148. The van der Waals surface area contributed by atoms with Crippen molar-refractivity contribution >= 4 is 28.6 Å². The highest BCUT2D eigenvalue weighted by Gasteiger charge is 2.45. The smallest absolute Gasteiger partial charge is 0.372 e. The summed E-state index contributed by atoms with van der Waals surface area (Å²) >= 11 is 0. The number of rotatable bonds is 4. The predicted octanol–water partition coefficient (Wildman–Crippen LogP) is 7.96. The Morgan fingerprint density at radius 1 is 0.703 bits per heavy atom. The Morgan fingerprint density at radius 2 is 1.24 bits per heavy atom. The summed E-state index contributed by atoms with van der Waals surface area (Å²) in [7, 11) is -0.148. The van der Waals surface area contributed by atoms with Crippen LogP contribution in [-0.4, -0.2) is 21.1 Å². The summed E-state index contributed by atoms with van der Waals surface area (Å²) in [6, 6.07) is 33.5. The molecule has 4 aromatic rings. The third-order valence-electron chi connectivity index (χ3n) is 7.91. The lowest BCUT2D eigenvalue weighted by molar-refractivity contribution is -0.335. The molecule has 4 heteroatoms. The van der Waals surface area contributed by atoms with Gasteiger partial charge >= 0.3 is 6.42 Å². The number of allylic oxidation sites excluding steroid dienone is 2. The van der Waals surface area contributed by atoms with Crippen LogP contribution in [0.3, 0.4) is 0 Å². The van der Waals surface area contributed by atoms with Crippen molar-refractivity contribution in [3.05, 3.63) is 131 Å². The van der Waals surface area contributed by atoms with Crippen molar-refractivity contribution in [2.45, 2.75) is 56.0 Å². The van der Waals surface area contributed by atoms with Gasteiger partial charge in [0.05, 0.1) is 16.5 Å². The lowest BCUT2D eigenvalue weighted by Gasteiger charge is -2.40. The van der Waals surface area contributed by atoms with Gasteiger partial charge in [-0.05, 0) is 92.2 Å². The van der Waals surface area contributed by atoms with Crippen LogP contribution in [-0.2, 0) is 10.9 Å². The number of aryl methyl sites for hydroxylation is 2. The van der Waals surface area contributed by atoms with Crippen molar-refractivity contribution in [1.82, 2.24) is 4.48 Å². The molecule has 0 bridgehead atoms. The van der Waals surface area contributed by atoms with Gasteiger partial charge in [-0.25, -0.2) is 0 Å². The summed E-state index contributed by atoms with van der Waals surface area (Å²) in [6.45, 7) is 13.8. The fraction of sp³-hybridized carbons (Fsp3) is 0.182. The van der Waals surface area contributed by atoms with E-state index in [1.54, 1.807) is 0 Å². The van der Waals surface area contributed by atoms with Crippen molar-refractivity contribution in [3.63, 3.8) is 0 Å². The lowest BCUT2D eigenvalue weighted by atomic mass is 9.48. The van der Waals surface area contributed by atoms with E-state index in [4.69, 9.17) is 0 Å². The first-order chi connectivity index (χ1) is 17.8. The molecule has 2 aliphatic rings. The van der Waals surface area contributed by atoms with Gasteiger partial charge in [0.2, 0.25) is 0 Å². The maximum absolute atomic E-state index is 2.59. The molecule has 0 N–H and O–H groups in total. The maximum Gasteiger partial charge on any atom is 0.372 e. The average molecular weight is 502 g/mol. The highest BCUT2D eigenvalue weighted by molar-refractivity contribution is 7.97. The Kier molecular flexibility index (Phi) is 5.69.